The van der Waals surface area contributed by atoms with Gasteiger partial charge in [0.2, 0.25) is 0 Å². The van der Waals surface area contributed by atoms with Gasteiger partial charge in [-0.05, 0) is 30.2 Å². The van der Waals surface area contributed by atoms with Gasteiger partial charge in [-0.1, -0.05) is 24.3 Å². The topological polar surface area (TPSA) is 78.0 Å². The molecule has 3 aliphatic heterocycles. The average Bonchev–Trinajstić information content (AvgIpc) is 2.72. The van der Waals surface area contributed by atoms with Gasteiger partial charge >= 0.3 is 0 Å². The van der Waals surface area contributed by atoms with Crippen molar-refractivity contribution in [2.75, 3.05) is 29.9 Å². The van der Waals surface area contributed by atoms with E-state index in [9.17, 15) is 9.18 Å². The first-order valence-electron chi connectivity index (χ1n) is 9.73. The molecule has 1 saturated heterocycles. The number of amidine groups is 1. The lowest BCUT2D eigenvalue weighted by molar-refractivity contribution is -0.122. The molecular formula is C21H22FN5O2. The second-order valence-electron chi connectivity index (χ2n) is 7.49. The van der Waals surface area contributed by atoms with Gasteiger partial charge in [0.1, 0.15) is 25.1 Å². The number of hydrogen-bond acceptors (Lipinski definition) is 6. The number of hydrogen-bond donors (Lipinski definition) is 3. The van der Waals surface area contributed by atoms with Crippen LogP contribution in [-0.2, 0) is 11.5 Å². The predicted molar refractivity (Wildman–Crippen MR) is 110 cm³/mol. The summed E-state index contributed by atoms with van der Waals surface area (Å²) in [6.45, 7) is 3.30. The quantitative estimate of drug-likeness (QED) is 0.740. The monoisotopic (exact) mass is 395 g/mol. The number of benzene rings is 2. The van der Waals surface area contributed by atoms with E-state index in [0.29, 0.717) is 23.2 Å². The van der Waals surface area contributed by atoms with Crippen LogP contribution in [0.5, 0.6) is 5.75 Å². The lowest BCUT2D eigenvalue weighted by Crippen LogP contribution is -2.55. The molecule has 0 bridgehead atoms. The number of rotatable bonds is 4. The third-order valence-electron chi connectivity index (χ3n) is 5.65. The predicted octanol–water partition coefficient (Wildman–Crippen LogP) is 2.24. The van der Waals surface area contributed by atoms with Gasteiger partial charge in [-0.2, -0.15) is 5.10 Å². The number of fused-ring (bicyclic) bond motifs is 3. The number of anilines is 2. The van der Waals surface area contributed by atoms with Crippen LogP contribution in [0.15, 0.2) is 41.5 Å². The maximum atomic E-state index is 13.7. The Morgan fingerprint density at radius 1 is 1.28 bits per heavy atom. The normalized spacial score (nSPS) is 20.6. The SMILES string of the molecule is CC1C(=O)NN=C2COc3cc(-c4ccccc4CF)c(NC4CNC4)cc3N21. The van der Waals surface area contributed by atoms with Gasteiger partial charge in [-0.3, -0.25) is 4.79 Å². The van der Waals surface area contributed by atoms with Crippen LogP contribution in [0.3, 0.4) is 0 Å². The van der Waals surface area contributed by atoms with Crippen molar-refractivity contribution in [3.8, 4) is 16.9 Å². The third-order valence-corrected chi connectivity index (χ3v) is 5.65. The Bertz CT molecular complexity index is 1000. The van der Waals surface area contributed by atoms with Crippen LogP contribution in [0.2, 0.25) is 0 Å². The molecule has 5 rings (SSSR count). The second kappa shape index (κ2) is 7.04. The molecule has 1 amide bonds. The zero-order valence-electron chi connectivity index (χ0n) is 16.0. The fraction of sp³-hybridized carbons (Fsp3) is 0.333. The molecule has 0 aromatic heterocycles. The summed E-state index contributed by atoms with van der Waals surface area (Å²) in [5.74, 6) is 1.16. The second-order valence-corrected chi connectivity index (χ2v) is 7.49. The largest absolute Gasteiger partial charge is 0.483 e. The molecule has 2 aromatic rings. The average molecular weight is 395 g/mol. The number of amides is 1. The Labute approximate surface area is 167 Å². The molecule has 0 radical (unpaired) electrons. The van der Waals surface area contributed by atoms with Gasteiger partial charge < -0.3 is 20.3 Å². The molecule has 1 fully saturated rings. The summed E-state index contributed by atoms with van der Waals surface area (Å²) >= 11 is 0. The Kier molecular flexibility index (Phi) is 4.35. The highest BCUT2D eigenvalue weighted by Crippen LogP contribution is 2.43. The van der Waals surface area contributed by atoms with E-state index in [1.54, 1.807) is 6.07 Å². The van der Waals surface area contributed by atoms with Crippen molar-refractivity contribution in [2.24, 2.45) is 5.10 Å². The lowest BCUT2D eigenvalue weighted by atomic mass is 9.96. The Morgan fingerprint density at radius 2 is 2.10 bits per heavy atom. The lowest BCUT2D eigenvalue weighted by Gasteiger charge is -2.39. The Morgan fingerprint density at radius 3 is 2.86 bits per heavy atom. The zero-order chi connectivity index (χ0) is 20.0. The number of ether oxygens (including phenoxy) is 1. The molecule has 29 heavy (non-hydrogen) atoms. The van der Waals surface area contributed by atoms with Gasteiger partial charge in [-0.25, -0.2) is 9.82 Å². The number of carbonyl (C=O) groups excluding carboxylic acids is 1. The van der Waals surface area contributed by atoms with Gasteiger partial charge in [-0.15, -0.1) is 0 Å². The minimum Gasteiger partial charge on any atom is -0.483 e. The van der Waals surface area contributed by atoms with E-state index >= 15 is 0 Å². The first-order valence-corrected chi connectivity index (χ1v) is 9.73. The minimum absolute atomic E-state index is 0.161. The molecule has 3 aliphatic rings. The van der Waals surface area contributed by atoms with E-state index in [4.69, 9.17) is 4.74 Å². The van der Waals surface area contributed by atoms with E-state index in [2.05, 4.69) is 21.2 Å². The van der Waals surface area contributed by atoms with Crippen LogP contribution >= 0.6 is 0 Å². The van der Waals surface area contributed by atoms with Crippen LogP contribution < -0.4 is 25.7 Å². The fourth-order valence-electron chi connectivity index (χ4n) is 3.92. The highest BCUT2D eigenvalue weighted by atomic mass is 19.1. The summed E-state index contributed by atoms with van der Waals surface area (Å²) in [4.78, 5) is 14.1. The Hall–Kier alpha value is -3.13. The van der Waals surface area contributed by atoms with Crippen LogP contribution in [0, 0.1) is 0 Å². The van der Waals surface area contributed by atoms with Gasteiger partial charge in [0, 0.05) is 24.3 Å². The highest BCUT2D eigenvalue weighted by molar-refractivity contribution is 6.10. The number of hydrazone groups is 1. The third kappa shape index (κ3) is 3.00. The van der Waals surface area contributed by atoms with E-state index in [0.717, 1.165) is 35.6 Å². The summed E-state index contributed by atoms with van der Waals surface area (Å²) in [6, 6.07) is 11.3. The number of nitrogens with zero attached hydrogens (tertiary/aromatic N) is 2. The van der Waals surface area contributed by atoms with E-state index in [-0.39, 0.29) is 12.5 Å². The van der Waals surface area contributed by atoms with Crippen LogP contribution in [0.1, 0.15) is 12.5 Å². The van der Waals surface area contributed by atoms with Crippen molar-refractivity contribution in [3.05, 3.63) is 42.0 Å². The van der Waals surface area contributed by atoms with E-state index in [1.165, 1.54) is 0 Å². The summed E-state index contributed by atoms with van der Waals surface area (Å²) < 4.78 is 19.6. The molecule has 2 aromatic carbocycles. The molecule has 7 nitrogen and oxygen atoms in total. The molecule has 8 heteroatoms. The summed E-state index contributed by atoms with van der Waals surface area (Å²) in [6.07, 6.45) is 0. The number of carbonyl (C=O) groups is 1. The van der Waals surface area contributed by atoms with Crippen LogP contribution in [-0.4, -0.2) is 43.5 Å². The summed E-state index contributed by atoms with van der Waals surface area (Å²) in [5.41, 5.74) is 6.57. The Balaban J connectivity index is 1.66. The van der Waals surface area contributed by atoms with Crippen molar-refractivity contribution in [2.45, 2.75) is 25.7 Å². The first kappa shape index (κ1) is 17.9. The molecule has 3 N–H and O–H groups in total. The number of halogens is 1. The maximum Gasteiger partial charge on any atom is 0.262 e. The molecule has 150 valence electrons. The highest BCUT2D eigenvalue weighted by Gasteiger charge is 2.36. The molecule has 0 aliphatic carbocycles. The number of nitrogens with one attached hydrogen (secondary N) is 3. The van der Waals surface area contributed by atoms with E-state index in [1.807, 2.05) is 42.2 Å². The van der Waals surface area contributed by atoms with Crippen LogP contribution in [0.25, 0.3) is 11.1 Å². The smallest absolute Gasteiger partial charge is 0.262 e. The van der Waals surface area contributed by atoms with Gasteiger partial charge in [0.05, 0.1) is 11.7 Å². The molecule has 0 spiro atoms. The van der Waals surface area contributed by atoms with Crippen molar-refractivity contribution in [1.82, 2.24) is 10.7 Å². The standard InChI is InChI=1S/C21H22FN5O2/c1-12-21(28)26-25-20-11-29-19-6-16(15-5-3-2-4-13(15)8-22)17(7-18(19)27(12)20)24-14-9-23-10-14/h2-7,12,14,23-24H,8-11H2,1H3,(H,26,28). The molecule has 1 atom stereocenters. The van der Waals surface area contributed by atoms with Gasteiger partial charge in [0.15, 0.2) is 5.84 Å². The molecule has 3 heterocycles. The first-order chi connectivity index (χ1) is 14.2. The summed E-state index contributed by atoms with van der Waals surface area (Å²) in [7, 11) is 0. The van der Waals surface area contributed by atoms with Gasteiger partial charge in [0.25, 0.3) is 5.91 Å². The molecule has 1 unspecified atom stereocenters. The van der Waals surface area contributed by atoms with Crippen molar-refractivity contribution >= 4 is 23.1 Å². The summed E-state index contributed by atoms with van der Waals surface area (Å²) in [5, 5.41) is 11.0. The molecule has 0 saturated carbocycles. The number of alkyl halides is 1. The van der Waals surface area contributed by atoms with Crippen molar-refractivity contribution in [1.29, 1.82) is 0 Å². The maximum absolute atomic E-state index is 13.7. The van der Waals surface area contributed by atoms with Crippen LogP contribution in [0.4, 0.5) is 15.8 Å². The molecular weight excluding hydrogens is 373 g/mol. The zero-order valence-corrected chi connectivity index (χ0v) is 16.0. The van der Waals surface area contributed by atoms with Crippen molar-refractivity contribution in [3.63, 3.8) is 0 Å². The van der Waals surface area contributed by atoms with E-state index < -0.39 is 12.7 Å². The minimum atomic E-state index is -0.543. The fourth-order valence-corrected chi connectivity index (χ4v) is 3.92. The van der Waals surface area contributed by atoms with Crippen molar-refractivity contribution < 1.29 is 13.9 Å².